The van der Waals surface area contributed by atoms with Crippen LogP contribution in [0.5, 0.6) is 0 Å². The quantitative estimate of drug-likeness (QED) is 0.264. The number of aliphatic imine (C=N–C) groups is 1. The van der Waals surface area contributed by atoms with Crippen LogP contribution in [0.25, 0.3) is 11.0 Å². The number of carbonyl (C=O) groups excluding carboxylic acids is 1. The zero-order chi connectivity index (χ0) is 22.8. The lowest BCUT2D eigenvalue weighted by molar-refractivity contribution is 0.102. The molecule has 160 valence electrons. The van der Waals surface area contributed by atoms with Gasteiger partial charge < -0.3 is 4.57 Å². The van der Waals surface area contributed by atoms with E-state index in [2.05, 4.69) is 15.0 Å². The zero-order valence-corrected chi connectivity index (χ0v) is 18.4. The van der Waals surface area contributed by atoms with Crippen molar-refractivity contribution in [2.45, 2.75) is 0 Å². The number of hydrogen-bond acceptors (Lipinski definition) is 5. The molecule has 0 atom stereocenters. The fraction of sp³-hybridized carbons (Fsp3) is 0.0385. The maximum Gasteiger partial charge on any atom is 0.248 e. The molecule has 2 aromatic carbocycles. The smallest absolute Gasteiger partial charge is 0.248 e. The first-order valence-corrected chi connectivity index (χ1v) is 10.7. The second-order valence-electron chi connectivity index (χ2n) is 7.44. The number of ketones is 1. The zero-order valence-electron chi connectivity index (χ0n) is 17.7. The molecule has 0 aliphatic rings. The van der Waals surface area contributed by atoms with Gasteiger partial charge in [-0.3, -0.25) is 9.78 Å². The summed E-state index contributed by atoms with van der Waals surface area (Å²) >= 11 is 6.54. The summed E-state index contributed by atoms with van der Waals surface area (Å²) in [6.07, 6.45) is 5.00. The normalized spacial score (nSPS) is 10.8. The number of hydrogen-bond donors (Lipinski definition) is 0. The predicted molar refractivity (Wildman–Crippen MR) is 129 cm³/mol. The van der Waals surface area contributed by atoms with E-state index in [-0.39, 0.29) is 11.5 Å². The van der Waals surface area contributed by atoms with Crippen LogP contribution in [0, 0.1) is 0 Å². The van der Waals surface area contributed by atoms with Crippen molar-refractivity contribution in [3.8, 4) is 0 Å². The van der Waals surface area contributed by atoms with Crippen LogP contribution in [0.4, 0.5) is 5.69 Å². The molecule has 0 unspecified atom stereocenters. The van der Waals surface area contributed by atoms with Crippen LogP contribution in [0.1, 0.15) is 27.4 Å². The third-order valence-corrected chi connectivity index (χ3v) is 5.51. The number of benzene rings is 2. The second-order valence-corrected chi connectivity index (χ2v) is 7.85. The lowest BCUT2D eigenvalue weighted by Gasteiger charge is -2.09. The SMILES string of the molecule is Cn1ccc2cnc(C(=O)c3cc(Cl)c(N=C(c4ccccc4)c4ccccc4)cn3)nc21. The standard InChI is InChI=1S/C26H18ClN5O/c1-32-13-12-19-15-29-25(31-26(19)32)24(33)21-14-20(27)22(16-28-21)30-23(17-8-4-2-5-9-17)18-10-6-3-7-11-18/h2-16H,1H3. The van der Waals surface area contributed by atoms with Crippen molar-refractivity contribution in [2.24, 2.45) is 12.0 Å². The molecule has 3 aromatic heterocycles. The molecule has 3 heterocycles. The number of aryl methyl sites for hydroxylation is 1. The molecule has 0 N–H and O–H groups in total. The minimum absolute atomic E-state index is 0.0679. The molecule has 0 amide bonds. The highest BCUT2D eigenvalue weighted by atomic mass is 35.5. The third kappa shape index (κ3) is 4.16. The highest BCUT2D eigenvalue weighted by Gasteiger charge is 2.17. The molecule has 33 heavy (non-hydrogen) atoms. The van der Waals surface area contributed by atoms with Crippen molar-refractivity contribution < 1.29 is 4.79 Å². The third-order valence-electron chi connectivity index (χ3n) is 5.20. The van der Waals surface area contributed by atoms with Gasteiger partial charge in [0, 0.05) is 36.0 Å². The molecule has 0 radical (unpaired) electrons. The van der Waals surface area contributed by atoms with Gasteiger partial charge in [0.15, 0.2) is 0 Å². The minimum atomic E-state index is -0.401. The summed E-state index contributed by atoms with van der Waals surface area (Å²) in [6, 6.07) is 23.1. The number of halogens is 1. The average Bonchev–Trinajstić information content (AvgIpc) is 3.24. The van der Waals surface area contributed by atoms with Crippen molar-refractivity contribution in [3.63, 3.8) is 0 Å². The minimum Gasteiger partial charge on any atom is -0.335 e. The van der Waals surface area contributed by atoms with Crippen molar-refractivity contribution in [2.75, 3.05) is 0 Å². The molecule has 0 bridgehead atoms. The van der Waals surface area contributed by atoms with Crippen LogP contribution in [0.3, 0.4) is 0 Å². The summed E-state index contributed by atoms with van der Waals surface area (Å²) in [7, 11) is 1.86. The largest absolute Gasteiger partial charge is 0.335 e. The van der Waals surface area contributed by atoms with Gasteiger partial charge in [-0.2, -0.15) is 0 Å². The Morgan fingerprint density at radius 3 is 2.21 bits per heavy atom. The number of fused-ring (bicyclic) bond motifs is 1. The summed E-state index contributed by atoms with van der Waals surface area (Å²) in [5.74, 6) is -0.333. The van der Waals surface area contributed by atoms with E-state index in [4.69, 9.17) is 16.6 Å². The number of pyridine rings is 1. The van der Waals surface area contributed by atoms with Crippen LogP contribution < -0.4 is 0 Å². The van der Waals surface area contributed by atoms with Gasteiger partial charge in [-0.15, -0.1) is 0 Å². The fourth-order valence-electron chi connectivity index (χ4n) is 3.51. The molecule has 6 nitrogen and oxygen atoms in total. The van der Waals surface area contributed by atoms with E-state index >= 15 is 0 Å². The Hall–Kier alpha value is -4.16. The van der Waals surface area contributed by atoms with Gasteiger partial charge in [0.2, 0.25) is 11.6 Å². The predicted octanol–water partition coefficient (Wildman–Crippen LogP) is 5.42. The summed E-state index contributed by atoms with van der Waals surface area (Å²) in [5.41, 5.74) is 3.96. The monoisotopic (exact) mass is 451 g/mol. The molecule has 0 aliphatic carbocycles. The summed E-state index contributed by atoms with van der Waals surface area (Å²) in [5, 5.41) is 1.18. The molecule has 0 saturated heterocycles. The van der Waals surface area contributed by atoms with Gasteiger partial charge in [-0.25, -0.2) is 15.0 Å². The van der Waals surface area contributed by atoms with E-state index in [0.717, 1.165) is 22.2 Å². The van der Waals surface area contributed by atoms with Gasteiger partial charge >= 0.3 is 0 Å². The summed E-state index contributed by atoms with van der Waals surface area (Å²) < 4.78 is 1.83. The number of aromatic nitrogens is 4. The van der Waals surface area contributed by atoms with Gasteiger partial charge in [0.25, 0.3) is 0 Å². The Morgan fingerprint density at radius 2 is 1.58 bits per heavy atom. The van der Waals surface area contributed by atoms with E-state index in [1.165, 1.54) is 12.3 Å². The van der Waals surface area contributed by atoms with Crippen molar-refractivity contribution in [1.82, 2.24) is 19.5 Å². The molecule has 0 fully saturated rings. The van der Waals surface area contributed by atoms with Gasteiger partial charge in [-0.1, -0.05) is 72.3 Å². The number of carbonyl (C=O) groups is 1. The first-order chi connectivity index (χ1) is 16.1. The second kappa shape index (κ2) is 8.76. The lowest BCUT2D eigenvalue weighted by atomic mass is 10.0. The molecular weight excluding hydrogens is 434 g/mol. The topological polar surface area (TPSA) is 73.0 Å². The van der Waals surface area contributed by atoms with Crippen molar-refractivity contribution >= 4 is 39.8 Å². The Balaban J connectivity index is 1.52. The first-order valence-electron chi connectivity index (χ1n) is 10.3. The van der Waals surface area contributed by atoms with Gasteiger partial charge in [-0.05, 0) is 12.1 Å². The van der Waals surface area contributed by atoms with Gasteiger partial charge in [0.05, 0.1) is 16.9 Å². The Labute approximate surface area is 195 Å². The van der Waals surface area contributed by atoms with Crippen LogP contribution in [0.15, 0.2) is 96.4 Å². The van der Waals surface area contributed by atoms with E-state index in [1.807, 2.05) is 84.5 Å². The molecular formula is C26H18ClN5O. The fourth-order valence-corrected chi connectivity index (χ4v) is 3.70. The van der Waals surface area contributed by atoms with Crippen molar-refractivity contribution in [3.05, 3.63) is 119 Å². The van der Waals surface area contributed by atoms with E-state index < -0.39 is 5.78 Å². The van der Waals surface area contributed by atoms with Crippen molar-refractivity contribution in [1.29, 1.82) is 0 Å². The maximum absolute atomic E-state index is 13.0. The Morgan fingerprint density at radius 1 is 0.909 bits per heavy atom. The molecule has 0 saturated carbocycles. The lowest BCUT2D eigenvalue weighted by Crippen LogP contribution is -2.09. The molecule has 0 aliphatic heterocycles. The number of nitrogens with zero attached hydrogens (tertiary/aromatic N) is 5. The van der Waals surface area contributed by atoms with Crippen LogP contribution in [-0.4, -0.2) is 31.0 Å². The highest BCUT2D eigenvalue weighted by molar-refractivity contribution is 6.33. The summed E-state index contributed by atoms with van der Waals surface area (Å²) in [6.45, 7) is 0. The Bertz CT molecular complexity index is 1450. The summed E-state index contributed by atoms with van der Waals surface area (Å²) in [4.78, 5) is 30.6. The van der Waals surface area contributed by atoms with Gasteiger partial charge in [0.1, 0.15) is 17.0 Å². The van der Waals surface area contributed by atoms with Crippen LogP contribution in [-0.2, 0) is 7.05 Å². The first kappa shape index (κ1) is 20.7. The molecule has 5 rings (SSSR count). The Kier molecular flexibility index (Phi) is 5.50. The molecule has 0 spiro atoms. The van der Waals surface area contributed by atoms with Crippen LogP contribution in [0.2, 0.25) is 5.02 Å². The van der Waals surface area contributed by atoms with Crippen LogP contribution >= 0.6 is 11.6 Å². The molecule has 7 heteroatoms. The average molecular weight is 452 g/mol. The number of rotatable bonds is 5. The highest BCUT2D eigenvalue weighted by Crippen LogP contribution is 2.27. The van der Waals surface area contributed by atoms with E-state index in [1.54, 1.807) is 6.20 Å². The van der Waals surface area contributed by atoms with E-state index in [9.17, 15) is 4.79 Å². The molecule has 5 aromatic rings. The maximum atomic E-state index is 13.0. The van der Waals surface area contributed by atoms with E-state index in [0.29, 0.717) is 16.4 Å².